The fourth-order valence-corrected chi connectivity index (χ4v) is 20.4. The van der Waals surface area contributed by atoms with Gasteiger partial charge in [0.25, 0.3) is 11.6 Å². The molecule has 141 heavy (non-hydrogen) atoms. The Balaban J connectivity index is 0.000000129. The maximum absolute atomic E-state index is 15.2. The first-order chi connectivity index (χ1) is 67.9. The molecule has 17 aromatic rings. The fourth-order valence-electron chi connectivity index (χ4n) is 17.5. The number of terminal acetylenes is 1. The van der Waals surface area contributed by atoms with E-state index in [1.165, 1.54) is 88.1 Å². The highest BCUT2D eigenvalue weighted by Crippen LogP contribution is 2.46. The van der Waals surface area contributed by atoms with Crippen molar-refractivity contribution in [2.24, 2.45) is 17.5 Å². The molecule has 7 aromatic heterocycles. The van der Waals surface area contributed by atoms with Gasteiger partial charge in [0.15, 0.2) is 0 Å². The molecule has 726 valence electrons. The predicted octanol–water partition coefficient (Wildman–Crippen LogP) is 24.7. The van der Waals surface area contributed by atoms with Crippen LogP contribution in [0.1, 0.15) is 137 Å². The number of hydrazine groups is 2. The number of nitrogens with two attached hydrogens (primary N) is 3. The van der Waals surface area contributed by atoms with E-state index in [2.05, 4.69) is 210 Å². The first kappa shape index (κ1) is 103. The number of aliphatic hydroxyl groups is 2. The number of halogens is 12. The summed E-state index contributed by atoms with van der Waals surface area (Å²) in [5.74, 6) is 24.8. The zero-order valence-corrected chi connectivity index (χ0v) is 86.4. The summed E-state index contributed by atoms with van der Waals surface area (Å²) < 4.78 is 80.6. The highest BCUT2D eigenvalue weighted by atomic mass is 79.9. The SMILES string of the molecule is Brc1cccc2c1CCCCN2.C#CC(C)(C)O.Cc1nnc2nc(N3CCCCc4c(Br)cccc43)c3c(F)cccc3n12.Cc1nnc2nc(N3CCCCc4c(C#CC(C)(C)O)cccc43)c3c(F)cccc3n12.Fc1cccc2nc(Cl)nc(Cl)c12.Fc1cccc2nc(Cl)nc(N3CCCCc4c(Br)cccc43)c12.NN.NNc1nc(N2CCCCc3c(Br)cccc32)c2c(F)cccc2n1. The van der Waals surface area contributed by atoms with Crippen molar-refractivity contribution in [2.75, 3.05) is 63.1 Å². The Morgan fingerprint density at radius 3 is 1.18 bits per heavy atom. The van der Waals surface area contributed by atoms with Crippen LogP contribution in [-0.2, 0) is 32.1 Å². The lowest BCUT2D eigenvalue weighted by Gasteiger charge is -2.26. The van der Waals surface area contributed by atoms with Crippen LogP contribution >= 0.6 is 98.5 Å². The number of rotatable bonds is 5. The number of anilines is 10. The summed E-state index contributed by atoms with van der Waals surface area (Å²) in [5, 5.41) is 40.9. The van der Waals surface area contributed by atoms with Crippen LogP contribution in [-0.4, -0.2) is 123 Å². The number of benzene rings is 10. The molecule has 0 spiro atoms. The Bertz CT molecular complexity index is 7610. The second-order valence-electron chi connectivity index (χ2n) is 34.5. The number of aryl methyl sites for hydroxylation is 2. The van der Waals surface area contributed by atoms with E-state index in [1.807, 2.05) is 85.0 Å². The Morgan fingerprint density at radius 2 is 0.745 bits per heavy atom. The highest BCUT2D eigenvalue weighted by Gasteiger charge is 2.31. The second kappa shape index (κ2) is 46.4. The van der Waals surface area contributed by atoms with E-state index < -0.39 is 17.0 Å². The van der Waals surface area contributed by atoms with Gasteiger partial charge in [-0.05, 0) is 310 Å². The summed E-state index contributed by atoms with van der Waals surface area (Å²) in [6.07, 6.45) is 20.5. The van der Waals surface area contributed by atoms with Gasteiger partial charge >= 0.3 is 0 Å². The monoisotopic (exact) mass is 2220 g/mol. The molecule has 10 aromatic carbocycles. The van der Waals surface area contributed by atoms with E-state index in [4.69, 9.17) is 62.1 Å². The third-order valence-corrected chi connectivity index (χ3v) is 27.5. The van der Waals surface area contributed by atoms with Gasteiger partial charge in [0, 0.05) is 84.6 Å². The minimum Gasteiger partial charge on any atom is -0.385 e. The summed E-state index contributed by atoms with van der Waals surface area (Å²) in [7, 11) is 0. The third-order valence-electron chi connectivity index (χ3n) is 23.9. The van der Waals surface area contributed by atoms with Crippen molar-refractivity contribution in [3.8, 4) is 24.2 Å². The first-order valence-corrected chi connectivity index (χ1v) is 50.0. The van der Waals surface area contributed by atoms with Gasteiger partial charge in [-0.2, -0.15) is 19.9 Å². The van der Waals surface area contributed by atoms with Gasteiger partial charge in [0.2, 0.25) is 16.5 Å². The van der Waals surface area contributed by atoms with Crippen LogP contribution in [0.2, 0.25) is 15.7 Å². The molecule has 0 aliphatic carbocycles. The van der Waals surface area contributed by atoms with E-state index >= 15 is 4.39 Å². The molecule has 0 unspecified atom stereocenters. The van der Waals surface area contributed by atoms with Crippen molar-refractivity contribution in [1.29, 1.82) is 0 Å². The number of nitrogens with zero attached hydrogens (tertiary/aromatic N) is 18. The van der Waals surface area contributed by atoms with E-state index in [-0.39, 0.29) is 50.3 Å². The number of hydrogen-bond acceptors (Lipinski definition) is 23. The Kier molecular flexibility index (Phi) is 34.0. The normalized spacial score (nSPS) is 13.9. The Hall–Kier alpha value is -12.0. The fraction of sp³-hybridized carbons (Fsp3) is 0.269. The van der Waals surface area contributed by atoms with Crippen molar-refractivity contribution in [1.82, 2.24) is 69.1 Å². The lowest BCUT2D eigenvalue weighted by atomic mass is 10.00. The first-order valence-electron chi connectivity index (χ1n) is 45.7. The largest absolute Gasteiger partial charge is 0.385 e. The van der Waals surface area contributed by atoms with Gasteiger partial charge in [0.1, 0.15) is 80.4 Å². The summed E-state index contributed by atoms with van der Waals surface area (Å²) in [4.78, 5) is 42.6. The quantitative estimate of drug-likeness (QED) is 0.0210. The van der Waals surface area contributed by atoms with Gasteiger partial charge in [-0.15, -0.1) is 26.8 Å². The average molecular weight is 2220 g/mol. The number of hydrogen-bond donors (Lipinski definition) is 7. The van der Waals surface area contributed by atoms with Gasteiger partial charge in [-0.25, -0.2) is 47.7 Å². The molecular formula is C104H99Br4Cl3F5N23O2. The van der Waals surface area contributed by atoms with E-state index in [9.17, 15) is 22.7 Å². The van der Waals surface area contributed by atoms with Gasteiger partial charge in [0.05, 0.1) is 54.5 Å². The standard InChI is InChI=1S/C25H24FN5O.C20H17BrFN5.C18H14BrClFN3.C18H17BrFN5.C10H12BrN.C8H3Cl2FN2.C5H8O.H4N2/c1-16-28-29-24-27-23(22-19(26)10-7-12-21(22)31(16)24)30-15-5-4-9-18-17(8-6-11-20(18)30)13-14-25(2,3)32;1-12-24-25-20-23-19(18-15(22)8-5-10-17(18)27(12)20)26-11-3-2-6-13-14(21)7-4-9-16(13)26;19-12-6-3-9-15-11(12)5-1-2-10-24(15)17-16-13(21)7-4-8-14(16)22-18(20)23-17;19-12-6-3-9-15-11(12)5-1-2-10-25(15)17-16-13(20)7-4-8-14(16)22-18(23-17)24-21;11-9-5-3-6-10-8(9)4-1-2-7-12-10;9-7-6-4(11)2-1-3-5(6)12-8(10)13-7;1-4-5(2,3)6;1-2/h6-8,10-12,32H,4-5,9,15H2,1-3H3;4-5,7-10H,2-3,6,11H2,1H3;3-4,6-9H,1-2,5,10H2;3-4,6-9H,1-2,5,10,21H2,(H,22,23,24);3,5-6,12H,1-2,4,7H2;1-3H;1,6H,2-3H3;1-2H2. The molecule has 0 radical (unpaired) electrons. The summed E-state index contributed by atoms with van der Waals surface area (Å²) in [5.41, 5.74) is 15.8. The van der Waals surface area contributed by atoms with Crippen LogP contribution in [0.5, 0.6) is 0 Å². The summed E-state index contributed by atoms with van der Waals surface area (Å²) in [6, 6.07) is 54.9. The molecule has 25 nitrogen and oxygen atoms in total. The minimum absolute atomic E-state index is 0.0168. The second-order valence-corrected chi connectivity index (χ2v) is 39.0. The van der Waals surface area contributed by atoms with Crippen molar-refractivity contribution in [2.45, 2.75) is 149 Å². The van der Waals surface area contributed by atoms with E-state index in [1.54, 1.807) is 74.6 Å². The van der Waals surface area contributed by atoms with Crippen LogP contribution in [0.3, 0.4) is 0 Å². The number of nitrogen functional groups attached to an aromatic ring is 1. The molecule has 37 heteroatoms. The van der Waals surface area contributed by atoms with Gasteiger partial charge in [-0.1, -0.05) is 154 Å². The highest BCUT2D eigenvalue weighted by molar-refractivity contribution is 9.11. The maximum atomic E-state index is 15.2. The molecule has 12 heterocycles. The third kappa shape index (κ3) is 23.7. The lowest BCUT2D eigenvalue weighted by molar-refractivity contribution is 0.143. The predicted molar refractivity (Wildman–Crippen MR) is 568 cm³/mol. The van der Waals surface area contributed by atoms with E-state index in [0.29, 0.717) is 96.6 Å². The molecule has 0 fully saturated rings. The Labute approximate surface area is 860 Å². The lowest BCUT2D eigenvalue weighted by Crippen LogP contribution is -2.21. The topological polar surface area (TPSA) is 319 Å². The molecule has 5 aliphatic heterocycles. The number of nitrogens with one attached hydrogen (secondary N) is 2. The van der Waals surface area contributed by atoms with Crippen LogP contribution in [0.15, 0.2) is 200 Å². The molecular weight excluding hydrogens is 2120 g/mol. The molecule has 0 saturated heterocycles. The van der Waals surface area contributed by atoms with Crippen LogP contribution in [0.25, 0.3) is 66.1 Å². The van der Waals surface area contributed by atoms with Crippen molar-refractivity contribution < 1.29 is 32.2 Å². The smallest absolute Gasteiger partial charge is 0.257 e. The minimum atomic E-state index is -1.08. The van der Waals surface area contributed by atoms with Gasteiger partial charge < -0.3 is 35.1 Å². The molecule has 5 aliphatic rings. The van der Waals surface area contributed by atoms with Crippen LogP contribution in [0, 0.1) is 67.1 Å². The van der Waals surface area contributed by atoms with Crippen LogP contribution in [0.4, 0.5) is 79.6 Å². The van der Waals surface area contributed by atoms with Crippen molar-refractivity contribution in [3.05, 3.63) is 290 Å². The molecule has 0 atom stereocenters. The molecule has 22 rings (SSSR count). The maximum Gasteiger partial charge on any atom is 0.257 e. The van der Waals surface area contributed by atoms with Crippen LogP contribution < -0.4 is 47.9 Å². The molecule has 0 bridgehead atoms. The molecule has 0 amide bonds. The number of aromatic nitrogens is 14. The summed E-state index contributed by atoms with van der Waals surface area (Å²) in [6.45, 7) is 14.3. The Morgan fingerprint density at radius 1 is 0.397 bits per heavy atom. The zero-order valence-electron chi connectivity index (χ0n) is 77.8. The average Bonchev–Trinajstić information content (AvgIpc) is 1.66. The summed E-state index contributed by atoms with van der Waals surface area (Å²) >= 11 is 31.9. The molecule has 10 N–H and O–H groups in total. The number of fused-ring (bicyclic) bond motifs is 14. The van der Waals surface area contributed by atoms with E-state index in [0.717, 1.165) is 156 Å². The van der Waals surface area contributed by atoms with Crippen molar-refractivity contribution in [3.63, 3.8) is 0 Å². The zero-order chi connectivity index (χ0) is 100. The van der Waals surface area contributed by atoms with Crippen molar-refractivity contribution >= 4 is 222 Å². The molecule has 0 saturated carbocycles. The van der Waals surface area contributed by atoms with Gasteiger partial charge in [-0.3, -0.25) is 25.9 Å².